The fourth-order valence-corrected chi connectivity index (χ4v) is 1.64. The van der Waals surface area contributed by atoms with Gasteiger partial charge >= 0.3 is 5.97 Å². The van der Waals surface area contributed by atoms with E-state index >= 15 is 0 Å². The van der Waals surface area contributed by atoms with Crippen molar-refractivity contribution < 1.29 is 14.7 Å². The third kappa shape index (κ3) is 3.20. The van der Waals surface area contributed by atoms with Gasteiger partial charge in [-0.25, -0.2) is 4.79 Å². The molecule has 14 heavy (non-hydrogen) atoms. The van der Waals surface area contributed by atoms with E-state index in [1.807, 2.05) is 0 Å². The van der Waals surface area contributed by atoms with Gasteiger partial charge in [0.1, 0.15) is 0 Å². The van der Waals surface area contributed by atoms with Crippen molar-refractivity contribution in [1.29, 1.82) is 0 Å². The van der Waals surface area contributed by atoms with E-state index in [1.54, 1.807) is 4.90 Å². The monoisotopic (exact) mass is 197 g/mol. The number of carbonyl (C=O) groups excluding carboxylic acids is 1. The van der Waals surface area contributed by atoms with Crippen LogP contribution in [0.3, 0.4) is 0 Å². The van der Waals surface area contributed by atoms with E-state index in [-0.39, 0.29) is 5.91 Å². The number of amides is 1. The summed E-state index contributed by atoms with van der Waals surface area (Å²) in [6.45, 7) is 3.58. The standard InChI is InChI=1S/C10H15NO3/c1-8-3-2-6-11(7-8)9(12)4-5-10(13)14/h4-5,8H,2-3,6-7H2,1H3,(H,13,14)/b5-4-/t8-/m0/s1. The van der Waals surface area contributed by atoms with Crippen molar-refractivity contribution in [3.63, 3.8) is 0 Å². The highest BCUT2D eigenvalue weighted by Gasteiger charge is 2.18. The molecule has 1 aliphatic heterocycles. The first kappa shape index (κ1) is 10.8. The van der Waals surface area contributed by atoms with Crippen LogP contribution in [0.15, 0.2) is 12.2 Å². The third-order valence-electron chi connectivity index (χ3n) is 2.34. The molecule has 4 heteroatoms. The quantitative estimate of drug-likeness (QED) is 0.669. The second-order valence-corrected chi connectivity index (χ2v) is 3.70. The number of nitrogens with zero attached hydrogens (tertiary/aromatic N) is 1. The van der Waals surface area contributed by atoms with Crippen LogP contribution in [0.1, 0.15) is 19.8 Å². The molecule has 0 radical (unpaired) electrons. The minimum atomic E-state index is -1.08. The average Bonchev–Trinajstić information content (AvgIpc) is 2.14. The van der Waals surface area contributed by atoms with Gasteiger partial charge in [0, 0.05) is 25.2 Å². The molecule has 1 heterocycles. The lowest BCUT2D eigenvalue weighted by Crippen LogP contribution is -2.38. The number of carboxylic acids is 1. The van der Waals surface area contributed by atoms with Gasteiger partial charge in [-0.1, -0.05) is 6.92 Å². The first-order valence-corrected chi connectivity index (χ1v) is 4.79. The highest BCUT2D eigenvalue weighted by Crippen LogP contribution is 2.15. The predicted molar refractivity (Wildman–Crippen MR) is 51.8 cm³/mol. The molecule has 1 fully saturated rings. The van der Waals surface area contributed by atoms with Crippen molar-refractivity contribution in [3.8, 4) is 0 Å². The Morgan fingerprint density at radius 2 is 2.14 bits per heavy atom. The molecule has 1 aliphatic rings. The topological polar surface area (TPSA) is 57.6 Å². The van der Waals surface area contributed by atoms with Crippen LogP contribution < -0.4 is 0 Å². The lowest BCUT2D eigenvalue weighted by Gasteiger charge is -2.29. The molecule has 0 aromatic rings. The van der Waals surface area contributed by atoms with Gasteiger partial charge in [0.25, 0.3) is 0 Å². The fourth-order valence-electron chi connectivity index (χ4n) is 1.64. The molecule has 78 valence electrons. The van der Waals surface area contributed by atoms with E-state index < -0.39 is 5.97 Å². The Balaban J connectivity index is 2.47. The van der Waals surface area contributed by atoms with Crippen LogP contribution in [-0.4, -0.2) is 35.0 Å². The number of rotatable bonds is 2. The number of aliphatic carboxylic acids is 1. The van der Waals surface area contributed by atoms with Crippen LogP contribution in [0.2, 0.25) is 0 Å². The SMILES string of the molecule is C[C@H]1CCCN(C(=O)/C=C\C(=O)O)C1. The fraction of sp³-hybridized carbons (Fsp3) is 0.600. The molecule has 0 unspecified atom stereocenters. The van der Waals surface area contributed by atoms with E-state index in [0.29, 0.717) is 5.92 Å². The van der Waals surface area contributed by atoms with Gasteiger partial charge in [-0.3, -0.25) is 4.79 Å². The van der Waals surface area contributed by atoms with Gasteiger partial charge in [-0.15, -0.1) is 0 Å². The Morgan fingerprint density at radius 3 is 2.71 bits per heavy atom. The minimum Gasteiger partial charge on any atom is -0.478 e. The maximum absolute atomic E-state index is 11.4. The summed E-state index contributed by atoms with van der Waals surface area (Å²) in [5.74, 6) is -0.756. The molecular weight excluding hydrogens is 182 g/mol. The normalized spacial score (nSPS) is 22.6. The van der Waals surface area contributed by atoms with E-state index in [0.717, 1.165) is 38.1 Å². The molecule has 0 spiro atoms. The molecule has 1 amide bonds. The molecule has 0 aromatic carbocycles. The summed E-state index contributed by atoms with van der Waals surface area (Å²) in [6, 6.07) is 0. The number of hydrogen-bond donors (Lipinski definition) is 1. The van der Waals surface area contributed by atoms with Gasteiger partial charge in [0.05, 0.1) is 0 Å². The first-order chi connectivity index (χ1) is 6.59. The number of carboxylic acid groups (broad SMARTS) is 1. The minimum absolute atomic E-state index is 0.195. The van der Waals surface area contributed by atoms with E-state index in [4.69, 9.17) is 5.11 Å². The van der Waals surface area contributed by atoms with Crippen LogP contribution in [0.25, 0.3) is 0 Å². The molecule has 1 saturated heterocycles. The van der Waals surface area contributed by atoms with E-state index in [1.165, 1.54) is 0 Å². The van der Waals surface area contributed by atoms with Crippen LogP contribution >= 0.6 is 0 Å². The number of likely N-dealkylation sites (tertiary alicyclic amines) is 1. The van der Waals surface area contributed by atoms with Gasteiger partial charge in [-0.05, 0) is 18.8 Å². The van der Waals surface area contributed by atoms with Crippen LogP contribution in [0.5, 0.6) is 0 Å². The zero-order valence-corrected chi connectivity index (χ0v) is 8.27. The Hall–Kier alpha value is -1.32. The van der Waals surface area contributed by atoms with Crippen molar-refractivity contribution in [2.24, 2.45) is 5.92 Å². The second kappa shape index (κ2) is 4.79. The zero-order chi connectivity index (χ0) is 10.6. The predicted octanol–water partition coefficient (Wildman–Crippen LogP) is 0.886. The molecular formula is C10H15NO3. The Kier molecular flexibility index (Phi) is 3.68. The van der Waals surface area contributed by atoms with Crippen molar-refractivity contribution in [3.05, 3.63) is 12.2 Å². The van der Waals surface area contributed by atoms with E-state index in [2.05, 4.69) is 6.92 Å². The van der Waals surface area contributed by atoms with Crippen molar-refractivity contribution in [2.45, 2.75) is 19.8 Å². The van der Waals surface area contributed by atoms with Gasteiger partial charge in [0.15, 0.2) is 0 Å². The Bertz CT molecular complexity index is 260. The maximum atomic E-state index is 11.4. The number of hydrogen-bond acceptors (Lipinski definition) is 2. The average molecular weight is 197 g/mol. The summed E-state index contributed by atoms with van der Waals surface area (Å²) in [5.41, 5.74) is 0. The Labute approximate surface area is 83.2 Å². The lowest BCUT2D eigenvalue weighted by molar-refractivity contribution is -0.132. The summed E-state index contributed by atoms with van der Waals surface area (Å²) < 4.78 is 0. The molecule has 4 nitrogen and oxygen atoms in total. The summed E-state index contributed by atoms with van der Waals surface area (Å²) >= 11 is 0. The highest BCUT2D eigenvalue weighted by molar-refractivity contribution is 5.93. The van der Waals surface area contributed by atoms with Crippen molar-refractivity contribution in [1.82, 2.24) is 4.90 Å². The number of carbonyl (C=O) groups is 2. The van der Waals surface area contributed by atoms with Gasteiger partial charge in [-0.2, -0.15) is 0 Å². The summed E-state index contributed by atoms with van der Waals surface area (Å²) in [5, 5.41) is 8.36. The molecule has 1 atom stereocenters. The van der Waals surface area contributed by atoms with Crippen LogP contribution in [0, 0.1) is 5.92 Å². The lowest BCUT2D eigenvalue weighted by atomic mass is 10.0. The summed E-state index contributed by atoms with van der Waals surface area (Å²) in [6.07, 6.45) is 4.17. The van der Waals surface area contributed by atoms with Gasteiger partial charge in [0.2, 0.25) is 5.91 Å². The number of piperidine rings is 1. The highest BCUT2D eigenvalue weighted by atomic mass is 16.4. The van der Waals surface area contributed by atoms with Crippen molar-refractivity contribution >= 4 is 11.9 Å². The van der Waals surface area contributed by atoms with Gasteiger partial charge < -0.3 is 10.0 Å². The molecule has 1 rings (SSSR count). The smallest absolute Gasteiger partial charge is 0.328 e. The molecule has 0 saturated carbocycles. The molecule has 0 bridgehead atoms. The molecule has 0 aromatic heterocycles. The van der Waals surface area contributed by atoms with Crippen molar-refractivity contribution in [2.75, 3.05) is 13.1 Å². The first-order valence-electron chi connectivity index (χ1n) is 4.79. The third-order valence-corrected chi connectivity index (χ3v) is 2.34. The zero-order valence-electron chi connectivity index (χ0n) is 8.27. The van der Waals surface area contributed by atoms with Crippen LogP contribution in [-0.2, 0) is 9.59 Å². The van der Waals surface area contributed by atoms with E-state index in [9.17, 15) is 9.59 Å². The Morgan fingerprint density at radius 1 is 1.43 bits per heavy atom. The summed E-state index contributed by atoms with van der Waals surface area (Å²) in [7, 11) is 0. The maximum Gasteiger partial charge on any atom is 0.328 e. The van der Waals surface area contributed by atoms with Crippen LogP contribution in [0.4, 0.5) is 0 Å². The molecule has 1 N–H and O–H groups in total. The largest absolute Gasteiger partial charge is 0.478 e. The second-order valence-electron chi connectivity index (χ2n) is 3.70. The summed E-state index contributed by atoms with van der Waals surface area (Å²) in [4.78, 5) is 23.3. The molecule has 0 aliphatic carbocycles.